The highest BCUT2D eigenvalue weighted by Gasteiger charge is 2.38. The fraction of sp³-hybridized carbons (Fsp3) is 0.600. The number of hydrogen-bond donors (Lipinski definition) is 1. The summed E-state index contributed by atoms with van der Waals surface area (Å²) >= 11 is 0. The maximum atomic E-state index is 10.3. The van der Waals surface area contributed by atoms with Gasteiger partial charge in [-0.1, -0.05) is 6.92 Å². The molecule has 76 valence electrons. The number of rotatable bonds is 2. The van der Waals surface area contributed by atoms with E-state index in [4.69, 9.17) is 0 Å². The molecule has 1 unspecified atom stereocenters. The molecule has 0 saturated carbocycles. The van der Waals surface area contributed by atoms with Gasteiger partial charge in [-0.3, -0.25) is 9.97 Å². The van der Waals surface area contributed by atoms with E-state index in [-0.39, 0.29) is 0 Å². The van der Waals surface area contributed by atoms with E-state index in [1.807, 2.05) is 0 Å². The largest absolute Gasteiger partial charge is 0.382 e. The first-order valence-electron chi connectivity index (χ1n) is 4.96. The zero-order valence-corrected chi connectivity index (χ0v) is 8.35. The summed E-state index contributed by atoms with van der Waals surface area (Å²) in [5, 5.41) is 10.3. The summed E-state index contributed by atoms with van der Waals surface area (Å²) in [6, 6.07) is 0. The van der Waals surface area contributed by atoms with Gasteiger partial charge in [0.1, 0.15) is 5.60 Å². The fourth-order valence-corrected chi connectivity index (χ4v) is 1.89. The monoisotopic (exact) mass is 193 g/mol. The molecule has 0 radical (unpaired) electrons. The zero-order chi connectivity index (χ0) is 10.0. The van der Waals surface area contributed by atoms with Crippen molar-refractivity contribution >= 4 is 0 Å². The van der Waals surface area contributed by atoms with E-state index in [1.54, 1.807) is 18.6 Å². The van der Waals surface area contributed by atoms with Crippen molar-refractivity contribution in [2.75, 3.05) is 19.6 Å². The van der Waals surface area contributed by atoms with Crippen LogP contribution in [0.1, 0.15) is 19.0 Å². The summed E-state index contributed by atoms with van der Waals surface area (Å²) in [6.45, 7) is 4.68. The molecule has 1 N–H and O–H groups in total. The lowest BCUT2D eigenvalue weighted by Gasteiger charge is -2.21. The van der Waals surface area contributed by atoms with E-state index in [0.717, 1.165) is 19.5 Å². The van der Waals surface area contributed by atoms with Crippen molar-refractivity contribution in [3.8, 4) is 0 Å². The van der Waals surface area contributed by atoms with Crippen molar-refractivity contribution in [1.29, 1.82) is 0 Å². The first-order chi connectivity index (χ1) is 6.74. The maximum Gasteiger partial charge on any atom is 0.122 e. The van der Waals surface area contributed by atoms with Gasteiger partial charge in [-0.2, -0.15) is 0 Å². The van der Waals surface area contributed by atoms with Gasteiger partial charge in [0, 0.05) is 25.5 Å². The molecule has 1 aliphatic rings. The Hall–Kier alpha value is -1.00. The first kappa shape index (κ1) is 9.55. The van der Waals surface area contributed by atoms with E-state index in [9.17, 15) is 5.11 Å². The summed E-state index contributed by atoms with van der Waals surface area (Å²) in [6.07, 6.45) is 5.65. The van der Waals surface area contributed by atoms with Crippen molar-refractivity contribution < 1.29 is 5.11 Å². The van der Waals surface area contributed by atoms with Gasteiger partial charge in [0.2, 0.25) is 0 Å². The van der Waals surface area contributed by atoms with Gasteiger partial charge in [-0.15, -0.1) is 0 Å². The molecule has 1 atom stereocenters. The van der Waals surface area contributed by atoms with E-state index in [2.05, 4.69) is 21.8 Å². The average molecular weight is 193 g/mol. The Kier molecular flexibility index (Phi) is 2.48. The Morgan fingerprint density at radius 1 is 1.57 bits per heavy atom. The molecule has 2 rings (SSSR count). The molecule has 4 nitrogen and oxygen atoms in total. The van der Waals surface area contributed by atoms with Crippen LogP contribution in [-0.4, -0.2) is 39.6 Å². The Bertz CT molecular complexity index is 303. The van der Waals surface area contributed by atoms with E-state index in [1.165, 1.54) is 0 Å². The minimum Gasteiger partial charge on any atom is -0.382 e. The molecule has 2 heterocycles. The lowest BCUT2D eigenvalue weighted by molar-refractivity contribution is 0.0420. The fourth-order valence-electron chi connectivity index (χ4n) is 1.89. The Balaban J connectivity index is 2.19. The summed E-state index contributed by atoms with van der Waals surface area (Å²) in [7, 11) is 0. The SMILES string of the molecule is CCN1CCC(O)(c2cnccn2)C1. The predicted molar refractivity (Wildman–Crippen MR) is 52.7 cm³/mol. The predicted octanol–water partition coefficient (Wildman–Crippen LogP) is 0.390. The van der Waals surface area contributed by atoms with Gasteiger partial charge in [-0.05, 0) is 13.0 Å². The topological polar surface area (TPSA) is 49.2 Å². The Labute approximate surface area is 83.6 Å². The molecule has 0 amide bonds. The quantitative estimate of drug-likeness (QED) is 0.738. The van der Waals surface area contributed by atoms with Crippen LogP contribution in [0.15, 0.2) is 18.6 Å². The molecule has 1 fully saturated rings. The second-order valence-electron chi connectivity index (χ2n) is 3.74. The second kappa shape index (κ2) is 3.63. The van der Waals surface area contributed by atoms with Gasteiger partial charge in [0.25, 0.3) is 0 Å². The average Bonchev–Trinajstić information content (AvgIpc) is 2.63. The van der Waals surface area contributed by atoms with Crippen molar-refractivity contribution in [2.24, 2.45) is 0 Å². The zero-order valence-electron chi connectivity index (χ0n) is 8.35. The molecule has 1 aromatic rings. The van der Waals surface area contributed by atoms with Crippen molar-refractivity contribution in [3.63, 3.8) is 0 Å². The lowest BCUT2D eigenvalue weighted by atomic mass is 10.00. The highest BCUT2D eigenvalue weighted by Crippen LogP contribution is 2.29. The second-order valence-corrected chi connectivity index (χ2v) is 3.74. The molecule has 0 aliphatic carbocycles. The van der Waals surface area contributed by atoms with Crippen molar-refractivity contribution in [2.45, 2.75) is 18.9 Å². The highest BCUT2D eigenvalue weighted by atomic mass is 16.3. The summed E-state index contributed by atoms with van der Waals surface area (Å²) < 4.78 is 0. The number of β-amino-alcohol motifs (C(OH)–C–C–N with tert-alkyl or cyclic N) is 1. The molecule has 1 aromatic heterocycles. The van der Waals surface area contributed by atoms with Gasteiger partial charge < -0.3 is 10.0 Å². The van der Waals surface area contributed by atoms with Crippen LogP contribution in [0.25, 0.3) is 0 Å². The smallest absolute Gasteiger partial charge is 0.122 e. The molecule has 1 aliphatic heterocycles. The molecule has 0 aromatic carbocycles. The number of nitrogens with zero attached hydrogens (tertiary/aromatic N) is 3. The van der Waals surface area contributed by atoms with Gasteiger partial charge in [-0.25, -0.2) is 0 Å². The molecular weight excluding hydrogens is 178 g/mol. The van der Waals surface area contributed by atoms with Gasteiger partial charge >= 0.3 is 0 Å². The number of aromatic nitrogens is 2. The normalized spacial score (nSPS) is 28.1. The van der Waals surface area contributed by atoms with E-state index >= 15 is 0 Å². The summed E-state index contributed by atoms with van der Waals surface area (Å²) in [4.78, 5) is 10.4. The van der Waals surface area contributed by atoms with Crippen LogP contribution < -0.4 is 0 Å². The maximum absolute atomic E-state index is 10.3. The van der Waals surface area contributed by atoms with Crippen LogP contribution in [-0.2, 0) is 5.60 Å². The van der Waals surface area contributed by atoms with Crippen LogP contribution >= 0.6 is 0 Å². The summed E-state index contributed by atoms with van der Waals surface area (Å²) in [5.41, 5.74) is -0.0967. The van der Waals surface area contributed by atoms with Crippen LogP contribution in [0.4, 0.5) is 0 Å². The van der Waals surface area contributed by atoms with Crippen LogP contribution in [0, 0.1) is 0 Å². The van der Waals surface area contributed by atoms with Crippen LogP contribution in [0.3, 0.4) is 0 Å². The van der Waals surface area contributed by atoms with Gasteiger partial charge in [0.05, 0.1) is 11.9 Å². The number of aliphatic hydroxyl groups is 1. The molecule has 0 spiro atoms. The lowest BCUT2D eigenvalue weighted by Crippen LogP contribution is -2.31. The standard InChI is InChI=1S/C10H15N3O/c1-2-13-6-3-10(14,8-13)9-7-11-4-5-12-9/h4-5,7,14H,2-3,6,8H2,1H3. The molecule has 1 saturated heterocycles. The third-order valence-electron chi connectivity index (χ3n) is 2.81. The molecular formula is C10H15N3O. The van der Waals surface area contributed by atoms with Crippen LogP contribution in [0.2, 0.25) is 0 Å². The number of likely N-dealkylation sites (tertiary alicyclic amines) is 1. The minimum absolute atomic E-state index is 0.669. The number of likely N-dealkylation sites (N-methyl/N-ethyl adjacent to an activating group) is 1. The molecule has 0 bridgehead atoms. The van der Waals surface area contributed by atoms with Crippen molar-refractivity contribution in [1.82, 2.24) is 14.9 Å². The number of hydrogen-bond acceptors (Lipinski definition) is 4. The highest BCUT2D eigenvalue weighted by molar-refractivity contribution is 5.11. The first-order valence-corrected chi connectivity index (χ1v) is 4.96. The van der Waals surface area contributed by atoms with Crippen molar-refractivity contribution in [3.05, 3.63) is 24.3 Å². The van der Waals surface area contributed by atoms with Gasteiger partial charge in [0.15, 0.2) is 0 Å². The van der Waals surface area contributed by atoms with E-state index < -0.39 is 5.60 Å². The molecule has 4 heteroatoms. The Morgan fingerprint density at radius 2 is 2.43 bits per heavy atom. The van der Waals surface area contributed by atoms with E-state index in [0.29, 0.717) is 12.2 Å². The molecule has 14 heavy (non-hydrogen) atoms. The third kappa shape index (κ3) is 1.63. The summed E-state index contributed by atoms with van der Waals surface area (Å²) in [5.74, 6) is 0. The minimum atomic E-state index is -0.787. The van der Waals surface area contributed by atoms with Crippen LogP contribution in [0.5, 0.6) is 0 Å². The third-order valence-corrected chi connectivity index (χ3v) is 2.81. The Morgan fingerprint density at radius 3 is 3.00 bits per heavy atom.